The van der Waals surface area contributed by atoms with Gasteiger partial charge in [-0.05, 0) is 23.8 Å². The lowest BCUT2D eigenvalue weighted by atomic mass is 10.1. The van der Waals surface area contributed by atoms with Gasteiger partial charge in [-0.3, -0.25) is 4.79 Å². The lowest BCUT2D eigenvalue weighted by Gasteiger charge is -2.03. The van der Waals surface area contributed by atoms with Gasteiger partial charge in [0.15, 0.2) is 0 Å². The number of carbonyl (C=O) groups excluding carboxylic acids is 1. The first-order valence-electron chi connectivity index (χ1n) is 5.18. The number of rotatable bonds is 4. The van der Waals surface area contributed by atoms with Crippen molar-refractivity contribution >= 4 is 27.8 Å². The fourth-order valence-corrected chi connectivity index (χ4v) is 2.78. The van der Waals surface area contributed by atoms with Gasteiger partial charge in [0.1, 0.15) is 10.9 Å². The van der Waals surface area contributed by atoms with E-state index in [1.54, 1.807) is 5.38 Å². The summed E-state index contributed by atoms with van der Waals surface area (Å²) >= 11 is 1.20. The summed E-state index contributed by atoms with van der Waals surface area (Å²) in [6, 6.07) is 3.45. The lowest BCUT2D eigenvalue weighted by molar-refractivity contribution is -0.117. The molecule has 1 heterocycles. The lowest BCUT2D eigenvalue weighted by Crippen LogP contribution is -1.97. The molecule has 0 saturated carbocycles. The minimum absolute atomic E-state index is 0.318. The van der Waals surface area contributed by atoms with Crippen LogP contribution >= 0.6 is 11.3 Å². The highest BCUT2D eigenvalue weighted by Gasteiger charge is 1.99. The first-order chi connectivity index (χ1) is 8.02. The predicted octanol–water partition coefficient (Wildman–Crippen LogP) is 3.09. The molecule has 0 aliphatic heterocycles. The molecule has 1 aromatic rings. The van der Waals surface area contributed by atoms with Crippen molar-refractivity contribution in [3.8, 4) is 6.07 Å². The highest BCUT2D eigenvalue weighted by atomic mass is 32.2. The van der Waals surface area contributed by atoms with Crippen LogP contribution in [0.25, 0.3) is 0 Å². The van der Waals surface area contributed by atoms with E-state index in [1.165, 1.54) is 17.4 Å². The summed E-state index contributed by atoms with van der Waals surface area (Å²) in [5, 5.41) is 10.2. The molecule has 4 nitrogen and oxygen atoms in total. The van der Waals surface area contributed by atoms with E-state index in [-0.39, 0.29) is 5.91 Å². The topological polar surface area (TPSA) is 70.3 Å². The quantitative estimate of drug-likeness (QED) is 0.788. The molecule has 1 rings (SSSR count). The molecule has 0 atom stereocenters. The smallest absolute Gasteiger partial charge is 0.222 e. The Morgan fingerprint density at radius 3 is 2.88 bits per heavy atom. The van der Waals surface area contributed by atoms with E-state index in [4.69, 9.17) is 5.26 Å². The van der Waals surface area contributed by atoms with Crippen LogP contribution < -0.4 is 0 Å². The number of carbonyl (C=O) groups is 1. The average Bonchev–Trinajstić information content (AvgIpc) is 2.74. The van der Waals surface area contributed by atoms with E-state index >= 15 is 0 Å². The van der Waals surface area contributed by atoms with Gasteiger partial charge in [-0.15, -0.1) is 11.3 Å². The van der Waals surface area contributed by atoms with Crippen molar-refractivity contribution in [3.05, 3.63) is 16.3 Å². The molecule has 0 aliphatic carbocycles. The van der Waals surface area contributed by atoms with Crippen LogP contribution in [0.4, 0.5) is 0 Å². The summed E-state index contributed by atoms with van der Waals surface area (Å²) in [5.74, 6) is 0.0793. The first-order valence-corrected chi connectivity index (χ1v) is 7.16. The Bertz CT molecular complexity index is 520. The molecule has 0 aliphatic rings. The van der Waals surface area contributed by atoms with E-state index in [0.717, 1.165) is 6.42 Å². The summed E-state index contributed by atoms with van der Waals surface area (Å²) < 4.78 is 15.2. The summed E-state index contributed by atoms with van der Waals surface area (Å²) in [7, 11) is -1.67. The molecular formula is C11H13N2O2S2-. The zero-order valence-electron chi connectivity index (χ0n) is 9.67. The summed E-state index contributed by atoms with van der Waals surface area (Å²) in [6.45, 7) is 4.03. The Hall–Kier alpha value is -1.19. The SMILES string of the molecule is CC(C)CCC(=O)N=[S-](=O)c1csc(C#N)c1. The molecule has 92 valence electrons. The van der Waals surface area contributed by atoms with Gasteiger partial charge in [0.25, 0.3) is 0 Å². The van der Waals surface area contributed by atoms with Crippen molar-refractivity contribution in [2.45, 2.75) is 31.6 Å². The molecule has 0 N–H and O–H groups in total. The predicted molar refractivity (Wildman–Crippen MR) is 66.9 cm³/mol. The van der Waals surface area contributed by atoms with Gasteiger partial charge in [-0.25, -0.2) is 0 Å². The van der Waals surface area contributed by atoms with Crippen LogP contribution in [0.3, 0.4) is 0 Å². The van der Waals surface area contributed by atoms with E-state index in [0.29, 0.717) is 22.1 Å². The summed E-state index contributed by atoms with van der Waals surface area (Å²) in [4.78, 5) is 12.3. The summed E-state index contributed by atoms with van der Waals surface area (Å²) in [6.07, 6.45) is 1.06. The Kier molecular flexibility index (Phi) is 5.32. The van der Waals surface area contributed by atoms with Crippen molar-refractivity contribution in [1.82, 2.24) is 0 Å². The molecule has 0 fully saturated rings. The van der Waals surface area contributed by atoms with Crippen LogP contribution in [0.2, 0.25) is 0 Å². The second-order valence-corrected chi connectivity index (χ2v) is 5.99. The van der Waals surface area contributed by atoms with E-state index in [2.05, 4.69) is 4.36 Å². The van der Waals surface area contributed by atoms with Gasteiger partial charge in [-0.2, -0.15) is 15.9 Å². The standard InChI is InChI=1S/C11H13N2O2S2/c1-8(2)3-4-11(14)13-17(15)10-5-9(6-12)16-7-10/h5,7-8H,3-4H2,1-2H3/q-1. The Balaban J connectivity index is 2.69. The van der Waals surface area contributed by atoms with Gasteiger partial charge in [0.05, 0.1) is 0 Å². The summed E-state index contributed by atoms with van der Waals surface area (Å²) in [5.41, 5.74) is 0. The minimum atomic E-state index is -1.67. The number of hydrogen-bond acceptors (Lipinski definition) is 5. The van der Waals surface area contributed by atoms with E-state index in [1.807, 2.05) is 19.9 Å². The van der Waals surface area contributed by atoms with Gasteiger partial charge in [-0.1, -0.05) is 18.7 Å². The van der Waals surface area contributed by atoms with Crippen LogP contribution in [-0.2, 0) is 19.6 Å². The third-order valence-electron chi connectivity index (χ3n) is 2.01. The van der Waals surface area contributed by atoms with E-state index < -0.39 is 10.6 Å². The molecule has 1 aromatic heterocycles. The number of nitriles is 1. The van der Waals surface area contributed by atoms with Gasteiger partial charge >= 0.3 is 0 Å². The molecule has 0 aromatic carbocycles. The molecule has 0 radical (unpaired) electrons. The van der Waals surface area contributed by atoms with Crippen LogP contribution in [0, 0.1) is 17.2 Å². The number of hydrogen-bond donors (Lipinski definition) is 0. The Morgan fingerprint density at radius 2 is 2.35 bits per heavy atom. The zero-order valence-corrected chi connectivity index (χ0v) is 11.3. The van der Waals surface area contributed by atoms with Crippen LogP contribution in [0.15, 0.2) is 20.7 Å². The second kappa shape index (κ2) is 6.52. The molecule has 1 amide bonds. The molecule has 6 heteroatoms. The average molecular weight is 269 g/mol. The van der Waals surface area contributed by atoms with Gasteiger partial charge in [0.2, 0.25) is 5.91 Å². The molecule has 0 unspecified atom stereocenters. The van der Waals surface area contributed by atoms with Gasteiger partial charge in [0, 0.05) is 6.42 Å². The van der Waals surface area contributed by atoms with Crippen molar-refractivity contribution in [3.63, 3.8) is 0 Å². The van der Waals surface area contributed by atoms with Crippen LogP contribution in [0.5, 0.6) is 0 Å². The van der Waals surface area contributed by atoms with Crippen molar-refractivity contribution in [2.24, 2.45) is 10.3 Å². The van der Waals surface area contributed by atoms with Crippen LogP contribution in [-0.4, -0.2) is 5.91 Å². The highest BCUT2D eigenvalue weighted by Crippen LogP contribution is 2.15. The fourth-order valence-electron chi connectivity index (χ4n) is 1.07. The van der Waals surface area contributed by atoms with Gasteiger partial charge < -0.3 is 8.57 Å². The maximum absolute atomic E-state index is 11.6. The third-order valence-corrected chi connectivity index (χ3v) is 4.00. The third kappa shape index (κ3) is 4.67. The number of amides is 1. The largest absolute Gasteiger partial charge is 0.440 e. The Labute approximate surface area is 106 Å². The number of thiophene rings is 1. The maximum Gasteiger partial charge on any atom is 0.222 e. The fraction of sp³-hybridized carbons (Fsp3) is 0.455. The normalized spacial score (nSPS) is 12.6. The monoisotopic (exact) mass is 269 g/mol. The minimum Gasteiger partial charge on any atom is -0.440 e. The van der Waals surface area contributed by atoms with Crippen molar-refractivity contribution < 1.29 is 9.00 Å². The molecule has 0 bridgehead atoms. The molecular weight excluding hydrogens is 256 g/mol. The molecule has 17 heavy (non-hydrogen) atoms. The first kappa shape index (κ1) is 13.9. The van der Waals surface area contributed by atoms with E-state index in [9.17, 15) is 9.00 Å². The van der Waals surface area contributed by atoms with Crippen molar-refractivity contribution in [2.75, 3.05) is 0 Å². The molecule has 0 saturated heterocycles. The number of nitrogens with zero attached hydrogens (tertiary/aromatic N) is 2. The van der Waals surface area contributed by atoms with Crippen LogP contribution in [0.1, 0.15) is 31.6 Å². The Morgan fingerprint density at radius 1 is 1.65 bits per heavy atom. The molecule has 0 spiro atoms. The zero-order chi connectivity index (χ0) is 12.8. The second-order valence-electron chi connectivity index (χ2n) is 3.93. The van der Waals surface area contributed by atoms with Crippen molar-refractivity contribution in [1.29, 1.82) is 5.26 Å². The maximum atomic E-state index is 11.6. The highest BCUT2D eigenvalue weighted by molar-refractivity contribution is 7.75.